The van der Waals surface area contributed by atoms with E-state index in [0.717, 1.165) is 5.56 Å². The highest BCUT2D eigenvalue weighted by Gasteiger charge is 2.44. The summed E-state index contributed by atoms with van der Waals surface area (Å²) in [7, 11) is 0. The third-order valence-corrected chi connectivity index (χ3v) is 6.54. The van der Waals surface area contributed by atoms with Gasteiger partial charge < -0.3 is 15.4 Å². The van der Waals surface area contributed by atoms with Gasteiger partial charge >= 0.3 is 0 Å². The van der Waals surface area contributed by atoms with E-state index >= 15 is 0 Å². The number of carbonyl (C=O) groups excluding carboxylic acids is 2. The predicted octanol–water partition coefficient (Wildman–Crippen LogP) is 3.52. The molecule has 172 valence electrons. The molecule has 1 aromatic heterocycles. The highest BCUT2D eigenvalue weighted by molar-refractivity contribution is 6.31. The molecule has 0 bridgehead atoms. The monoisotopic (exact) mass is 479 g/mol. The van der Waals surface area contributed by atoms with Crippen molar-refractivity contribution in [2.24, 2.45) is 5.73 Å². The molecule has 2 N–H and O–H groups in total. The lowest BCUT2D eigenvalue weighted by Gasteiger charge is -2.37. The van der Waals surface area contributed by atoms with Crippen molar-refractivity contribution in [2.45, 2.75) is 25.0 Å². The molecule has 5 rings (SSSR count). The van der Waals surface area contributed by atoms with E-state index in [0.29, 0.717) is 35.9 Å². The number of hydrogen-bond donors (Lipinski definition) is 1. The number of fused-ring (bicyclic) bond motifs is 3. The fraction of sp³-hybridized carbons (Fsp3) is 0.250. The standard InChI is InChI=1S/C24H19ClFN5O3/c1-28-15-5-2-13(3-6-15)8-21(32)30-10-18-22(24(27)33)23(14-4-7-17(26)16(25)9-14)29-31(18)20-12-34-11-19(20)30/h2-7,9,19-20H,8,10-12H2,(H2,27,33)/t19-,20+/m1/s1. The van der Waals surface area contributed by atoms with Gasteiger partial charge in [0, 0.05) is 5.56 Å². The molecule has 10 heteroatoms. The number of nitrogens with zero attached hydrogens (tertiary/aromatic N) is 4. The molecule has 2 aliphatic heterocycles. The van der Waals surface area contributed by atoms with Crippen LogP contribution in [0.5, 0.6) is 0 Å². The summed E-state index contributed by atoms with van der Waals surface area (Å²) < 4.78 is 21.1. The van der Waals surface area contributed by atoms with E-state index in [1.807, 2.05) is 0 Å². The van der Waals surface area contributed by atoms with Gasteiger partial charge in [0.25, 0.3) is 5.91 Å². The summed E-state index contributed by atoms with van der Waals surface area (Å²) in [6.07, 6.45) is 0.141. The first-order chi connectivity index (χ1) is 16.4. The Hall–Kier alpha value is -3.74. The van der Waals surface area contributed by atoms with Gasteiger partial charge in [-0.2, -0.15) is 5.10 Å². The second-order valence-electron chi connectivity index (χ2n) is 8.26. The lowest BCUT2D eigenvalue weighted by molar-refractivity contribution is -0.135. The van der Waals surface area contributed by atoms with Gasteiger partial charge in [0.15, 0.2) is 5.69 Å². The number of hydrogen-bond acceptors (Lipinski definition) is 4. The fourth-order valence-corrected chi connectivity index (χ4v) is 4.76. The minimum absolute atomic E-state index is 0.0954. The van der Waals surface area contributed by atoms with Crippen molar-refractivity contribution in [3.05, 3.63) is 81.5 Å². The van der Waals surface area contributed by atoms with Crippen molar-refractivity contribution in [1.82, 2.24) is 14.7 Å². The molecule has 2 atom stereocenters. The second kappa shape index (κ2) is 8.56. The van der Waals surface area contributed by atoms with Crippen LogP contribution in [-0.2, 0) is 22.5 Å². The van der Waals surface area contributed by atoms with Crippen LogP contribution in [0.15, 0.2) is 42.5 Å². The molecule has 2 aromatic carbocycles. The molecule has 0 saturated carbocycles. The number of benzene rings is 2. The Kier molecular flexibility index (Phi) is 5.55. The molecule has 1 saturated heterocycles. The predicted molar refractivity (Wildman–Crippen MR) is 122 cm³/mol. The SMILES string of the molecule is [C-]#[N+]c1ccc(CC(=O)N2Cc3c(C(N)=O)c(-c4ccc(F)c(Cl)c4)nn3[C@H]3COC[C@H]32)cc1. The van der Waals surface area contributed by atoms with Crippen LogP contribution >= 0.6 is 11.6 Å². The minimum Gasteiger partial charge on any atom is -0.377 e. The molecule has 0 spiro atoms. The number of carbonyl (C=O) groups is 2. The van der Waals surface area contributed by atoms with Crippen LogP contribution in [0.1, 0.15) is 27.7 Å². The van der Waals surface area contributed by atoms with Crippen LogP contribution in [0, 0.1) is 12.4 Å². The molecule has 2 aliphatic rings. The molecule has 2 amide bonds. The largest absolute Gasteiger partial charge is 0.377 e. The first-order valence-corrected chi connectivity index (χ1v) is 11.0. The van der Waals surface area contributed by atoms with Crippen LogP contribution in [0.4, 0.5) is 10.1 Å². The van der Waals surface area contributed by atoms with E-state index in [1.54, 1.807) is 33.8 Å². The molecular formula is C24H19ClFN5O3. The number of ether oxygens (including phenoxy) is 1. The topological polar surface area (TPSA) is 94.8 Å². The maximum atomic E-state index is 13.7. The van der Waals surface area contributed by atoms with Gasteiger partial charge in [0.1, 0.15) is 11.5 Å². The van der Waals surface area contributed by atoms with Crippen LogP contribution in [0.2, 0.25) is 5.02 Å². The first kappa shape index (κ1) is 22.1. The van der Waals surface area contributed by atoms with Crippen molar-refractivity contribution >= 4 is 29.1 Å². The van der Waals surface area contributed by atoms with Crippen LogP contribution in [0.3, 0.4) is 0 Å². The molecule has 34 heavy (non-hydrogen) atoms. The van der Waals surface area contributed by atoms with E-state index in [4.69, 9.17) is 28.6 Å². The van der Waals surface area contributed by atoms with Gasteiger partial charge in [0.2, 0.25) is 5.91 Å². The van der Waals surface area contributed by atoms with Gasteiger partial charge in [0.05, 0.1) is 61.1 Å². The molecule has 0 unspecified atom stereocenters. The summed E-state index contributed by atoms with van der Waals surface area (Å²) in [5, 5.41) is 4.55. The molecule has 0 aliphatic carbocycles. The van der Waals surface area contributed by atoms with Crippen LogP contribution < -0.4 is 5.73 Å². The highest BCUT2D eigenvalue weighted by atomic mass is 35.5. The van der Waals surface area contributed by atoms with E-state index in [2.05, 4.69) is 9.94 Å². The van der Waals surface area contributed by atoms with Gasteiger partial charge in [-0.1, -0.05) is 35.9 Å². The van der Waals surface area contributed by atoms with Crippen molar-refractivity contribution in [3.8, 4) is 11.3 Å². The van der Waals surface area contributed by atoms with Gasteiger partial charge in [-0.3, -0.25) is 14.3 Å². The summed E-state index contributed by atoms with van der Waals surface area (Å²) in [6, 6.07) is 10.4. The summed E-state index contributed by atoms with van der Waals surface area (Å²) in [5.74, 6) is -1.41. The Bertz CT molecular complexity index is 1350. The minimum atomic E-state index is -0.698. The zero-order chi connectivity index (χ0) is 24.0. The van der Waals surface area contributed by atoms with Crippen molar-refractivity contribution in [2.75, 3.05) is 13.2 Å². The van der Waals surface area contributed by atoms with Gasteiger partial charge in [-0.05, 0) is 23.8 Å². The van der Waals surface area contributed by atoms with Gasteiger partial charge in [-0.25, -0.2) is 9.24 Å². The number of primary amides is 1. The van der Waals surface area contributed by atoms with E-state index in [1.165, 1.54) is 18.2 Å². The average Bonchev–Trinajstić information content (AvgIpc) is 3.45. The van der Waals surface area contributed by atoms with Crippen LogP contribution in [0.25, 0.3) is 16.1 Å². The number of nitrogens with two attached hydrogens (primary N) is 1. The summed E-state index contributed by atoms with van der Waals surface area (Å²) in [5.41, 5.74) is 8.45. The summed E-state index contributed by atoms with van der Waals surface area (Å²) >= 11 is 5.96. The molecule has 0 radical (unpaired) electrons. The van der Waals surface area contributed by atoms with Gasteiger partial charge in [-0.15, -0.1) is 0 Å². The third kappa shape index (κ3) is 3.71. The second-order valence-corrected chi connectivity index (χ2v) is 8.66. The quantitative estimate of drug-likeness (QED) is 0.579. The van der Waals surface area contributed by atoms with Crippen molar-refractivity contribution in [3.63, 3.8) is 0 Å². The maximum Gasteiger partial charge on any atom is 0.252 e. The Morgan fingerprint density at radius 2 is 1.94 bits per heavy atom. The van der Waals surface area contributed by atoms with E-state index in [9.17, 15) is 14.0 Å². The van der Waals surface area contributed by atoms with Crippen molar-refractivity contribution < 1.29 is 18.7 Å². The van der Waals surface area contributed by atoms with E-state index < -0.39 is 11.7 Å². The molecule has 8 nitrogen and oxygen atoms in total. The zero-order valence-corrected chi connectivity index (χ0v) is 18.6. The van der Waals surface area contributed by atoms with Crippen LogP contribution in [-0.4, -0.2) is 45.8 Å². The average molecular weight is 480 g/mol. The first-order valence-electron chi connectivity index (χ1n) is 10.6. The zero-order valence-electron chi connectivity index (χ0n) is 17.9. The number of halogens is 2. The Morgan fingerprint density at radius 1 is 1.21 bits per heavy atom. The molecule has 3 heterocycles. The normalized spacial score (nSPS) is 18.8. The molecule has 1 fully saturated rings. The third-order valence-electron chi connectivity index (χ3n) is 6.25. The Morgan fingerprint density at radius 3 is 2.62 bits per heavy atom. The molecule has 3 aromatic rings. The Labute approximate surface area is 199 Å². The maximum absolute atomic E-state index is 13.7. The lowest BCUT2D eigenvalue weighted by Crippen LogP contribution is -2.49. The van der Waals surface area contributed by atoms with Crippen molar-refractivity contribution in [1.29, 1.82) is 0 Å². The smallest absolute Gasteiger partial charge is 0.252 e. The fourth-order valence-electron chi connectivity index (χ4n) is 4.58. The summed E-state index contributed by atoms with van der Waals surface area (Å²) in [6.45, 7) is 7.87. The number of amides is 2. The highest BCUT2D eigenvalue weighted by Crippen LogP contribution is 2.37. The Balaban J connectivity index is 1.53. The summed E-state index contributed by atoms with van der Waals surface area (Å²) in [4.78, 5) is 30.9. The number of aromatic nitrogens is 2. The molecular weight excluding hydrogens is 461 g/mol. The lowest BCUT2D eigenvalue weighted by atomic mass is 10.0. The number of rotatable bonds is 4. The van der Waals surface area contributed by atoms with E-state index in [-0.39, 0.29) is 41.5 Å².